The van der Waals surface area contributed by atoms with Gasteiger partial charge in [0.1, 0.15) is 28.8 Å². The Balaban J connectivity index is 1.49. The molecule has 1 fully saturated rings. The highest BCUT2D eigenvalue weighted by molar-refractivity contribution is 5.96. The lowest BCUT2D eigenvalue weighted by atomic mass is 10.0. The lowest BCUT2D eigenvalue weighted by Crippen LogP contribution is -2.21. The monoisotopic (exact) mass is 495 g/mol. The summed E-state index contributed by atoms with van der Waals surface area (Å²) < 4.78 is 17.9. The molecule has 0 atom stereocenters. The fraction of sp³-hybridized carbons (Fsp3) is 0.300. The van der Waals surface area contributed by atoms with Crippen molar-refractivity contribution in [3.05, 3.63) is 65.9 Å². The maximum absolute atomic E-state index is 12.4. The highest BCUT2D eigenvalue weighted by atomic mass is 16.5. The van der Waals surface area contributed by atoms with Crippen LogP contribution in [0.4, 0.5) is 0 Å². The summed E-state index contributed by atoms with van der Waals surface area (Å²) in [6, 6.07) is 16.9. The standard InChI is InChI=1S/C30H29N3O4/c1-33(2)30(34)21-8-10-24(27(15-21)35-3)28-16-25-29(37-28)23(12-13-32-25)20-9-11-26(22(14-20)17-31)36-18-19-6-4-5-7-19/h8-16,19H,4-7,18H2,1-3H3. The van der Waals surface area contributed by atoms with Crippen molar-refractivity contribution in [2.45, 2.75) is 25.7 Å². The molecule has 0 saturated heterocycles. The SMILES string of the molecule is COc1cc(C(=O)N(C)C)ccc1-c1cc2nccc(-c3ccc(OCC4CCCC4)c(C#N)c3)c2o1. The van der Waals surface area contributed by atoms with Crippen molar-refractivity contribution in [2.75, 3.05) is 27.8 Å². The number of methoxy groups -OCH3 is 1. The summed E-state index contributed by atoms with van der Waals surface area (Å²) in [5.41, 5.74) is 4.70. The Morgan fingerprint density at radius 2 is 1.89 bits per heavy atom. The number of nitriles is 1. The molecule has 1 amide bonds. The third kappa shape index (κ3) is 4.88. The van der Waals surface area contributed by atoms with E-state index in [0.29, 0.717) is 52.0 Å². The normalized spacial score (nSPS) is 13.5. The molecular weight excluding hydrogens is 466 g/mol. The van der Waals surface area contributed by atoms with Crippen LogP contribution in [-0.4, -0.2) is 43.6 Å². The van der Waals surface area contributed by atoms with Crippen LogP contribution in [0.15, 0.2) is 59.1 Å². The Bertz CT molecular complexity index is 1490. The van der Waals surface area contributed by atoms with Crippen molar-refractivity contribution >= 4 is 17.0 Å². The molecule has 2 aromatic heterocycles. The van der Waals surface area contributed by atoms with Gasteiger partial charge in [-0.3, -0.25) is 9.78 Å². The van der Waals surface area contributed by atoms with Crippen molar-refractivity contribution in [1.29, 1.82) is 5.26 Å². The Morgan fingerprint density at radius 3 is 2.62 bits per heavy atom. The molecule has 0 bridgehead atoms. The van der Waals surface area contributed by atoms with E-state index in [1.807, 2.05) is 36.4 Å². The molecule has 4 aromatic rings. The van der Waals surface area contributed by atoms with Crippen LogP contribution < -0.4 is 9.47 Å². The van der Waals surface area contributed by atoms with Crippen LogP contribution in [0.2, 0.25) is 0 Å². The van der Waals surface area contributed by atoms with Gasteiger partial charge in [0.05, 0.1) is 24.8 Å². The fourth-order valence-electron chi connectivity index (χ4n) is 4.88. The number of carbonyl (C=O) groups is 1. The fourth-order valence-corrected chi connectivity index (χ4v) is 4.88. The zero-order chi connectivity index (χ0) is 25.9. The van der Waals surface area contributed by atoms with E-state index in [9.17, 15) is 10.1 Å². The second-order valence-electron chi connectivity index (χ2n) is 9.58. The van der Waals surface area contributed by atoms with E-state index >= 15 is 0 Å². The molecule has 2 heterocycles. The lowest BCUT2D eigenvalue weighted by Gasteiger charge is -2.13. The molecule has 2 aromatic carbocycles. The zero-order valence-corrected chi connectivity index (χ0v) is 21.3. The van der Waals surface area contributed by atoms with Crippen molar-refractivity contribution in [1.82, 2.24) is 9.88 Å². The van der Waals surface area contributed by atoms with Crippen LogP contribution in [0.25, 0.3) is 33.6 Å². The molecule has 37 heavy (non-hydrogen) atoms. The second kappa shape index (κ2) is 10.4. The van der Waals surface area contributed by atoms with E-state index < -0.39 is 0 Å². The average Bonchev–Trinajstić information content (AvgIpc) is 3.61. The van der Waals surface area contributed by atoms with Crippen LogP contribution in [0, 0.1) is 17.2 Å². The number of nitrogens with zero attached hydrogens (tertiary/aromatic N) is 3. The third-order valence-corrected chi connectivity index (χ3v) is 6.89. The minimum atomic E-state index is -0.109. The Kier molecular flexibility index (Phi) is 6.82. The summed E-state index contributed by atoms with van der Waals surface area (Å²) in [4.78, 5) is 18.4. The van der Waals surface area contributed by atoms with Gasteiger partial charge < -0.3 is 18.8 Å². The van der Waals surface area contributed by atoms with Gasteiger partial charge in [-0.15, -0.1) is 0 Å². The molecule has 0 N–H and O–H groups in total. The van der Waals surface area contributed by atoms with Gasteiger partial charge in [-0.1, -0.05) is 18.9 Å². The Morgan fingerprint density at radius 1 is 1.08 bits per heavy atom. The summed E-state index contributed by atoms with van der Waals surface area (Å²) in [5, 5.41) is 9.79. The first-order valence-corrected chi connectivity index (χ1v) is 12.4. The molecule has 5 rings (SSSR count). The topological polar surface area (TPSA) is 88.6 Å². The summed E-state index contributed by atoms with van der Waals surface area (Å²) in [6.07, 6.45) is 6.62. The number of carbonyl (C=O) groups excluding carboxylic acids is 1. The Hall–Kier alpha value is -4.31. The van der Waals surface area contributed by atoms with Gasteiger partial charge in [-0.05, 0) is 60.7 Å². The van der Waals surface area contributed by atoms with Crippen LogP contribution >= 0.6 is 0 Å². The molecule has 0 aliphatic heterocycles. The predicted molar refractivity (Wildman–Crippen MR) is 142 cm³/mol. The van der Waals surface area contributed by atoms with Crippen LogP contribution in [0.5, 0.6) is 11.5 Å². The van der Waals surface area contributed by atoms with Gasteiger partial charge in [-0.2, -0.15) is 5.26 Å². The molecular formula is C30H29N3O4. The minimum absolute atomic E-state index is 0.109. The first kappa shape index (κ1) is 24.4. The van der Waals surface area contributed by atoms with Crippen molar-refractivity contribution in [3.8, 4) is 40.0 Å². The van der Waals surface area contributed by atoms with Gasteiger partial charge in [0.2, 0.25) is 0 Å². The third-order valence-electron chi connectivity index (χ3n) is 6.89. The van der Waals surface area contributed by atoms with Crippen LogP contribution in [-0.2, 0) is 0 Å². The number of amides is 1. The van der Waals surface area contributed by atoms with E-state index in [2.05, 4.69) is 11.1 Å². The number of aromatic nitrogens is 1. The number of fused-ring (bicyclic) bond motifs is 1. The lowest BCUT2D eigenvalue weighted by molar-refractivity contribution is 0.0827. The van der Waals surface area contributed by atoms with Gasteiger partial charge >= 0.3 is 0 Å². The average molecular weight is 496 g/mol. The predicted octanol–water partition coefficient (Wildman–Crippen LogP) is 6.31. The molecule has 0 spiro atoms. The molecule has 1 aliphatic carbocycles. The smallest absolute Gasteiger partial charge is 0.253 e. The highest BCUT2D eigenvalue weighted by Gasteiger charge is 2.19. The number of furan rings is 1. The first-order valence-electron chi connectivity index (χ1n) is 12.4. The Labute approximate surface area is 216 Å². The summed E-state index contributed by atoms with van der Waals surface area (Å²) in [7, 11) is 4.98. The molecule has 7 heteroatoms. The summed E-state index contributed by atoms with van der Waals surface area (Å²) >= 11 is 0. The number of benzene rings is 2. The van der Waals surface area contributed by atoms with Gasteiger partial charge in [0.15, 0.2) is 5.58 Å². The first-order chi connectivity index (χ1) is 18.0. The summed E-state index contributed by atoms with van der Waals surface area (Å²) in [6.45, 7) is 0.649. The molecule has 1 saturated carbocycles. The number of hydrogen-bond donors (Lipinski definition) is 0. The van der Waals surface area contributed by atoms with Gasteiger partial charge in [0, 0.05) is 37.5 Å². The van der Waals surface area contributed by atoms with Crippen molar-refractivity contribution < 1.29 is 18.7 Å². The van der Waals surface area contributed by atoms with E-state index in [-0.39, 0.29) is 5.91 Å². The number of ether oxygens (including phenoxy) is 2. The zero-order valence-electron chi connectivity index (χ0n) is 21.3. The largest absolute Gasteiger partial charge is 0.496 e. The number of rotatable bonds is 7. The molecule has 0 radical (unpaired) electrons. The summed E-state index contributed by atoms with van der Waals surface area (Å²) in [5.74, 6) is 2.18. The maximum atomic E-state index is 12.4. The number of hydrogen-bond acceptors (Lipinski definition) is 6. The van der Waals surface area contributed by atoms with E-state index in [1.165, 1.54) is 30.6 Å². The van der Waals surface area contributed by atoms with E-state index in [0.717, 1.165) is 16.7 Å². The van der Waals surface area contributed by atoms with Gasteiger partial charge in [0.25, 0.3) is 5.91 Å². The van der Waals surface area contributed by atoms with Crippen LogP contribution in [0.3, 0.4) is 0 Å². The molecule has 0 unspecified atom stereocenters. The van der Waals surface area contributed by atoms with Gasteiger partial charge in [-0.25, -0.2) is 0 Å². The molecule has 188 valence electrons. The molecule has 1 aliphatic rings. The van der Waals surface area contributed by atoms with Crippen LogP contribution in [0.1, 0.15) is 41.6 Å². The second-order valence-corrected chi connectivity index (χ2v) is 9.58. The quantitative estimate of drug-likeness (QED) is 0.298. The number of pyridine rings is 1. The van der Waals surface area contributed by atoms with E-state index in [4.69, 9.17) is 13.9 Å². The van der Waals surface area contributed by atoms with Crippen molar-refractivity contribution in [3.63, 3.8) is 0 Å². The van der Waals surface area contributed by atoms with Crippen molar-refractivity contribution in [2.24, 2.45) is 5.92 Å². The van der Waals surface area contributed by atoms with E-state index in [1.54, 1.807) is 39.5 Å². The maximum Gasteiger partial charge on any atom is 0.253 e. The highest BCUT2D eigenvalue weighted by Crippen LogP contribution is 2.38. The minimum Gasteiger partial charge on any atom is -0.496 e. The molecule has 7 nitrogen and oxygen atoms in total.